The van der Waals surface area contributed by atoms with E-state index in [-0.39, 0.29) is 0 Å². The van der Waals surface area contributed by atoms with Crippen LogP contribution in [-0.2, 0) is 0 Å². The van der Waals surface area contributed by atoms with E-state index in [9.17, 15) is 5.11 Å². The van der Waals surface area contributed by atoms with Crippen LogP contribution in [0.25, 0.3) is 0 Å². The maximum Gasteiger partial charge on any atom is 0.136 e. The van der Waals surface area contributed by atoms with Gasteiger partial charge in [-0.25, -0.2) is 9.97 Å². The number of nitrogens with one attached hydrogen (secondary N) is 2. The average Bonchev–Trinajstić information content (AvgIpc) is 3.19. The summed E-state index contributed by atoms with van der Waals surface area (Å²) in [5.74, 6) is 2.99. The maximum absolute atomic E-state index is 10.3. The first-order valence-electron chi connectivity index (χ1n) is 7.07. The van der Waals surface area contributed by atoms with Crippen molar-refractivity contribution in [2.24, 2.45) is 0 Å². The van der Waals surface area contributed by atoms with Gasteiger partial charge in [-0.3, -0.25) is 0 Å². The third kappa shape index (κ3) is 4.31. The Bertz CT molecular complexity index is 457. The van der Waals surface area contributed by atoms with Crippen LogP contribution in [0.3, 0.4) is 0 Å². The van der Waals surface area contributed by atoms with Crippen molar-refractivity contribution in [1.82, 2.24) is 14.9 Å². The minimum atomic E-state index is -0.798. The van der Waals surface area contributed by atoms with Crippen LogP contribution in [0.5, 0.6) is 0 Å². The van der Waals surface area contributed by atoms with Crippen molar-refractivity contribution in [1.29, 1.82) is 0 Å². The van der Waals surface area contributed by atoms with Crippen LogP contribution in [0.15, 0.2) is 6.07 Å². The molecule has 0 aliphatic heterocycles. The molecule has 1 unspecified atom stereocenters. The Morgan fingerprint density at radius 3 is 2.55 bits per heavy atom. The van der Waals surface area contributed by atoms with E-state index in [1.807, 2.05) is 39.0 Å². The van der Waals surface area contributed by atoms with Gasteiger partial charge in [0.1, 0.15) is 17.5 Å². The standard InChI is InChI=1S/C14H25N5O/c1-14(20,9-19(3)4)8-16-12-7-11(15-2)17-13(18-12)10-5-6-10/h7,10,20H,5-6,8-9H2,1-4H3,(H2,15,16,17,18). The zero-order chi connectivity index (χ0) is 14.8. The molecule has 0 saturated heterocycles. The predicted octanol–water partition coefficient (Wildman–Crippen LogP) is 1.12. The van der Waals surface area contributed by atoms with Gasteiger partial charge in [0.05, 0.1) is 5.60 Å². The molecule has 3 N–H and O–H groups in total. The molecule has 0 radical (unpaired) electrons. The van der Waals surface area contributed by atoms with E-state index in [0.29, 0.717) is 19.0 Å². The SMILES string of the molecule is CNc1cc(NCC(C)(O)CN(C)C)nc(C2CC2)n1. The van der Waals surface area contributed by atoms with Gasteiger partial charge in [0, 0.05) is 32.1 Å². The fraction of sp³-hybridized carbons (Fsp3) is 0.714. The second-order valence-corrected chi connectivity index (χ2v) is 6.11. The highest BCUT2D eigenvalue weighted by atomic mass is 16.3. The topological polar surface area (TPSA) is 73.3 Å². The maximum atomic E-state index is 10.3. The number of likely N-dealkylation sites (N-methyl/N-ethyl adjacent to an activating group) is 1. The van der Waals surface area contributed by atoms with Crippen LogP contribution in [-0.4, -0.2) is 59.8 Å². The minimum absolute atomic E-state index is 0.454. The summed E-state index contributed by atoms with van der Waals surface area (Å²) in [6, 6.07) is 1.87. The molecular weight excluding hydrogens is 254 g/mol. The molecule has 1 aliphatic rings. The summed E-state index contributed by atoms with van der Waals surface area (Å²) in [4.78, 5) is 11.0. The second kappa shape index (κ2) is 5.93. The van der Waals surface area contributed by atoms with Gasteiger partial charge in [-0.1, -0.05) is 0 Å². The molecule has 1 saturated carbocycles. The van der Waals surface area contributed by atoms with Crippen molar-refractivity contribution in [3.05, 3.63) is 11.9 Å². The van der Waals surface area contributed by atoms with Crippen LogP contribution in [0, 0.1) is 0 Å². The zero-order valence-corrected chi connectivity index (χ0v) is 12.8. The number of hydrogen-bond acceptors (Lipinski definition) is 6. The van der Waals surface area contributed by atoms with Crippen LogP contribution in [0.4, 0.5) is 11.6 Å². The Balaban J connectivity index is 2.03. The quantitative estimate of drug-likeness (QED) is 0.694. The summed E-state index contributed by atoms with van der Waals surface area (Å²) in [5, 5.41) is 16.6. The van der Waals surface area contributed by atoms with E-state index in [1.54, 1.807) is 0 Å². The molecule has 1 aliphatic carbocycles. The van der Waals surface area contributed by atoms with Crippen LogP contribution < -0.4 is 10.6 Å². The molecule has 1 aromatic heterocycles. The largest absolute Gasteiger partial charge is 0.387 e. The van der Waals surface area contributed by atoms with E-state index in [2.05, 4.69) is 20.6 Å². The second-order valence-electron chi connectivity index (χ2n) is 6.11. The fourth-order valence-electron chi connectivity index (χ4n) is 2.23. The van der Waals surface area contributed by atoms with E-state index in [1.165, 1.54) is 12.8 Å². The van der Waals surface area contributed by atoms with Crippen molar-refractivity contribution >= 4 is 11.6 Å². The molecule has 0 amide bonds. The summed E-state index contributed by atoms with van der Waals surface area (Å²) in [6.07, 6.45) is 2.34. The first kappa shape index (κ1) is 15.0. The van der Waals surface area contributed by atoms with E-state index in [4.69, 9.17) is 0 Å². The molecule has 0 aromatic carbocycles. The normalized spacial score (nSPS) is 17.9. The predicted molar refractivity (Wildman–Crippen MR) is 81.2 cm³/mol. The monoisotopic (exact) mass is 279 g/mol. The Hall–Kier alpha value is -1.40. The summed E-state index contributed by atoms with van der Waals surface area (Å²) >= 11 is 0. The lowest BCUT2D eigenvalue weighted by molar-refractivity contribution is 0.0459. The van der Waals surface area contributed by atoms with Crippen LogP contribution in [0.1, 0.15) is 31.5 Å². The van der Waals surface area contributed by atoms with Gasteiger partial charge in [0.25, 0.3) is 0 Å². The summed E-state index contributed by atoms with van der Waals surface area (Å²) in [6.45, 7) is 2.87. The van der Waals surface area contributed by atoms with E-state index < -0.39 is 5.60 Å². The molecule has 1 fully saturated rings. The number of aliphatic hydroxyl groups is 1. The van der Waals surface area contributed by atoms with Crippen molar-refractivity contribution in [2.45, 2.75) is 31.3 Å². The Morgan fingerprint density at radius 1 is 1.35 bits per heavy atom. The minimum Gasteiger partial charge on any atom is -0.387 e. The summed E-state index contributed by atoms with van der Waals surface area (Å²) in [7, 11) is 5.75. The van der Waals surface area contributed by atoms with Gasteiger partial charge >= 0.3 is 0 Å². The summed E-state index contributed by atoms with van der Waals surface area (Å²) in [5.41, 5.74) is -0.798. The van der Waals surface area contributed by atoms with E-state index in [0.717, 1.165) is 17.5 Å². The molecule has 6 nitrogen and oxygen atoms in total. The molecule has 6 heteroatoms. The highest BCUT2D eigenvalue weighted by molar-refractivity contribution is 5.48. The van der Waals surface area contributed by atoms with Gasteiger partial charge < -0.3 is 20.6 Å². The summed E-state index contributed by atoms with van der Waals surface area (Å²) < 4.78 is 0. The lowest BCUT2D eigenvalue weighted by atomic mass is 10.1. The molecular formula is C14H25N5O. The highest BCUT2D eigenvalue weighted by Gasteiger charge is 2.27. The van der Waals surface area contributed by atoms with Gasteiger partial charge in [-0.05, 0) is 33.9 Å². The number of hydrogen-bond donors (Lipinski definition) is 3. The molecule has 1 atom stereocenters. The van der Waals surface area contributed by atoms with Crippen molar-refractivity contribution < 1.29 is 5.11 Å². The van der Waals surface area contributed by atoms with Crippen LogP contribution in [0.2, 0.25) is 0 Å². The van der Waals surface area contributed by atoms with Crippen molar-refractivity contribution in [3.8, 4) is 0 Å². The molecule has 112 valence electrons. The highest BCUT2D eigenvalue weighted by Crippen LogP contribution is 2.38. The number of anilines is 2. The van der Waals surface area contributed by atoms with Gasteiger partial charge in [-0.2, -0.15) is 0 Å². The molecule has 2 rings (SSSR count). The molecule has 0 bridgehead atoms. The zero-order valence-electron chi connectivity index (χ0n) is 12.8. The lowest BCUT2D eigenvalue weighted by Crippen LogP contribution is -2.43. The third-order valence-corrected chi connectivity index (χ3v) is 3.25. The number of rotatable bonds is 7. The smallest absolute Gasteiger partial charge is 0.136 e. The molecule has 0 spiro atoms. The number of aromatic nitrogens is 2. The van der Waals surface area contributed by atoms with Crippen molar-refractivity contribution in [3.63, 3.8) is 0 Å². The first-order valence-corrected chi connectivity index (χ1v) is 7.07. The van der Waals surface area contributed by atoms with Crippen molar-refractivity contribution in [2.75, 3.05) is 44.9 Å². The van der Waals surface area contributed by atoms with Gasteiger partial charge in [0.2, 0.25) is 0 Å². The molecule has 20 heavy (non-hydrogen) atoms. The Kier molecular flexibility index (Phi) is 4.45. The average molecular weight is 279 g/mol. The first-order chi connectivity index (χ1) is 9.39. The number of nitrogens with zero attached hydrogens (tertiary/aromatic N) is 3. The Morgan fingerprint density at radius 2 is 2.00 bits per heavy atom. The molecule has 1 heterocycles. The van der Waals surface area contributed by atoms with Gasteiger partial charge in [-0.15, -0.1) is 0 Å². The van der Waals surface area contributed by atoms with Gasteiger partial charge in [0.15, 0.2) is 0 Å². The third-order valence-electron chi connectivity index (χ3n) is 3.25. The molecule has 1 aromatic rings. The lowest BCUT2D eigenvalue weighted by Gasteiger charge is -2.27. The Labute approximate surface area is 120 Å². The van der Waals surface area contributed by atoms with E-state index >= 15 is 0 Å². The fourth-order valence-corrected chi connectivity index (χ4v) is 2.23. The van der Waals surface area contributed by atoms with Crippen LogP contribution >= 0.6 is 0 Å².